The summed E-state index contributed by atoms with van der Waals surface area (Å²) in [5.74, 6) is -4.12. The van der Waals surface area contributed by atoms with Crippen molar-refractivity contribution >= 4 is 50.2 Å². The Morgan fingerprint density at radius 1 is 0.840 bits per heavy atom. The maximum absolute atomic E-state index is 12.6. The SMILES string of the molecule is O=C1c2c(cccc2[N+](=O)[O-])C(=O)c2c(O)c(O)cc([N+](=O)[O-])c21.[PbH2]. The van der Waals surface area contributed by atoms with E-state index in [0.29, 0.717) is 6.07 Å². The molecule has 0 saturated carbocycles. The molecule has 25 heavy (non-hydrogen) atoms. The number of fused-ring (bicyclic) bond motifs is 2. The third kappa shape index (κ3) is 2.54. The van der Waals surface area contributed by atoms with E-state index in [1.807, 2.05) is 0 Å². The monoisotopic (exact) mass is 540 g/mol. The molecule has 0 spiro atoms. The number of phenolic OH excluding ortho intramolecular Hbond substituents is 2. The first-order chi connectivity index (χ1) is 11.3. The van der Waals surface area contributed by atoms with E-state index in [-0.39, 0.29) is 32.9 Å². The summed E-state index contributed by atoms with van der Waals surface area (Å²) in [7, 11) is 0. The molecule has 0 fully saturated rings. The second-order valence-corrected chi connectivity index (χ2v) is 4.89. The summed E-state index contributed by atoms with van der Waals surface area (Å²) in [5, 5.41) is 41.7. The first-order valence-corrected chi connectivity index (χ1v) is 6.35. The number of phenols is 2. The van der Waals surface area contributed by atoms with Gasteiger partial charge in [-0.05, 0) is 6.07 Å². The van der Waals surface area contributed by atoms with Crippen molar-refractivity contribution in [2.24, 2.45) is 0 Å². The van der Waals surface area contributed by atoms with Crippen LogP contribution in [0.25, 0.3) is 0 Å². The molecule has 3 rings (SSSR count). The molecule has 0 amide bonds. The summed E-state index contributed by atoms with van der Waals surface area (Å²) < 4.78 is 0. The van der Waals surface area contributed by atoms with E-state index >= 15 is 0 Å². The second kappa shape index (κ2) is 6.19. The van der Waals surface area contributed by atoms with Crippen LogP contribution in [0.3, 0.4) is 0 Å². The van der Waals surface area contributed by atoms with Crippen LogP contribution in [0.4, 0.5) is 11.4 Å². The van der Waals surface area contributed by atoms with E-state index < -0.39 is 61.0 Å². The van der Waals surface area contributed by atoms with Crippen molar-refractivity contribution in [1.82, 2.24) is 0 Å². The van der Waals surface area contributed by atoms with Gasteiger partial charge >= 0.3 is 27.3 Å². The number of carbonyl (C=O) groups is 2. The van der Waals surface area contributed by atoms with Gasteiger partial charge in [-0.1, -0.05) is 6.07 Å². The van der Waals surface area contributed by atoms with Crippen LogP contribution in [0.5, 0.6) is 11.5 Å². The van der Waals surface area contributed by atoms with Crippen LogP contribution in [0.2, 0.25) is 0 Å². The van der Waals surface area contributed by atoms with Gasteiger partial charge in [0.25, 0.3) is 11.4 Å². The Hall–Kier alpha value is -2.90. The molecule has 0 aliphatic heterocycles. The average Bonchev–Trinajstić information content (AvgIpc) is 2.53. The number of rotatable bonds is 2. The van der Waals surface area contributed by atoms with Crippen LogP contribution < -0.4 is 0 Å². The molecule has 126 valence electrons. The Balaban J connectivity index is 0.00000225. The topological polar surface area (TPSA) is 161 Å². The molecular formula is C14H8N2O8Pb. The number of nitrogens with zero attached hydrogens (tertiary/aromatic N) is 2. The van der Waals surface area contributed by atoms with Crippen molar-refractivity contribution in [2.45, 2.75) is 0 Å². The van der Waals surface area contributed by atoms with Gasteiger partial charge in [-0.25, -0.2) is 0 Å². The molecule has 1 aliphatic carbocycles. The van der Waals surface area contributed by atoms with Crippen LogP contribution in [0.15, 0.2) is 24.3 Å². The van der Waals surface area contributed by atoms with Gasteiger partial charge in [0.15, 0.2) is 17.3 Å². The molecule has 2 aromatic rings. The fourth-order valence-electron chi connectivity index (χ4n) is 2.62. The van der Waals surface area contributed by atoms with Gasteiger partial charge in [0, 0.05) is 11.6 Å². The van der Waals surface area contributed by atoms with Gasteiger partial charge in [0.2, 0.25) is 5.78 Å². The standard InChI is InChI=1S/C14H6N2O8.Pb.2H/c17-8-4-7(16(23)24)10-11(13(8)19)12(18)5-2-1-3-6(15(21)22)9(5)14(10)20;;;/h1-4,17,19H;;;. The number of carbonyl (C=O) groups excluding carboxylic acids is 2. The van der Waals surface area contributed by atoms with E-state index in [2.05, 4.69) is 0 Å². The summed E-state index contributed by atoms with van der Waals surface area (Å²) in [6.07, 6.45) is 0. The second-order valence-electron chi connectivity index (χ2n) is 4.89. The van der Waals surface area contributed by atoms with Gasteiger partial charge in [-0.2, -0.15) is 0 Å². The summed E-state index contributed by atoms with van der Waals surface area (Å²) in [5.41, 5.74) is -4.12. The number of ketones is 2. The summed E-state index contributed by atoms with van der Waals surface area (Å²) >= 11 is 0. The van der Waals surface area contributed by atoms with Crippen molar-refractivity contribution in [2.75, 3.05) is 0 Å². The van der Waals surface area contributed by atoms with Crippen LogP contribution >= 0.6 is 0 Å². The van der Waals surface area contributed by atoms with E-state index in [1.165, 1.54) is 6.07 Å². The van der Waals surface area contributed by atoms with Gasteiger partial charge < -0.3 is 10.2 Å². The van der Waals surface area contributed by atoms with Gasteiger partial charge in [0.05, 0.1) is 21.5 Å². The zero-order valence-corrected chi connectivity index (χ0v) is 17.8. The van der Waals surface area contributed by atoms with Gasteiger partial charge in [-0.15, -0.1) is 0 Å². The zero-order valence-electron chi connectivity index (χ0n) is 12.3. The van der Waals surface area contributed by atoms with E-state index in [9.17, 15) is 40.0 Å². The Labute approximate surface area is 158 Å². The minimum absolute atomic E-state index is 0. The van der Waals surface area contributed by atoms with E-state index in [4.69, 9.17) is 0 Å². The molecule has 2 radical (unpaired) electrons. The van der Waals surface area contributed by atoms with Crippen LogP contribution in [0.1, 0.15) is 31.8 Å². The van der Waals surface area contributed by atoms with Crippen molar-refractivity contribution in [1.29, 1.82) is 0 Å². The first-order valence-electron chi connectivity index (χ1n) is 6.35. The van der Waals surface area contributed by atoms with Crippen molar-refractivity contribution in [3.05, 3.63) is 66.7 Å². The van der Waals surface area contributed by atoms with Crippen molar-refractivity contribution in [3.63, 3.8) is 0 Å². The molecule has 0 heterocycles. The molecular weight excluding hydrogens is 531 g/mol. The molecule has 0 atom stereocenters. The fourth-order valence-corrected chi connectivity index (χ4v) is 2.62. The minimum atomic E-state index is -1.14. The Morgan fingerprint density at radius 2 is 1.44 bits per heavy atom. The normalized spacial score (nSPS) is 12.0. The average molecular weight is 539 g/mol. The molecule has 2 aromatic carbocycles. The molecule has 1 aliphatic rings. The number of nitro benzene ring substituents is 2. The molecule has 11 heteroatoms. The third-order valence-corrected chi connectivity index (χ3v) is 3.62. The van der Waals surface area contributed by atoms with Crippen LogP contribution in [-0.2, 0) is 0 Å². The zero-order chi connectivity index (χ0) is 17.8. The predicted molar refractivity (Wildman–Crippen MR) is 84.9 cm³/mol. The van der Waals surface area contributed by atoms with E-state index in [0.717, 1.165) is 12.1 Å². The Bertz CT molecular complexity index is 985. The quantitative estimate of drug-likeness (QED) is 0.209. The van der Waals surface area contributed by atoms with Crippen LogP contribution in [-0.4, -0.2) is 58.9 Å². The van der Waals surface area contributed by atoms with Gasteiger partial charge in [-0.3, -0.25) is 29.8 Å². The fraction of sp³-hybridized carbons (Fsp3) is 0. The molecule has 0 unspecified atom stereocenters. The Morgan fingerprint density at radius 3 is 2.00 bits per heavy atom. The first kappa shape index (κ1) is 18.4. The molecule has 10 nitrogen and oxygen atoms in total. The van der Waals surface area contributed by atoms with Crippen molar-refractivity contribution in [3.8, 4) is 11.5 Å². The summed E-state index contributed by atoms with van der Waals surface area (Å²) in [4.78, 5) is 45.4. The molecule has 0 bridgehead atoms. The number of nitro groups is 2. The number of hydrogen-bond acceptors (Lipinski definition) is 8. The number of aromatic hydroxyl groups is 2. The number of hydrogen-bond donors (Lipinski definition) is 2. The van der Waals surface area contributed by atoms with Gasteiger partial charge in [0.1, 0.15) is 11.1 Å². The van der Waals surface area contributed by atoms with Crippen LogP contribution in [0, 0.1) is 20.2 Å². The van der Waals surface area contributed by atoms with E-state index in [1.54, 1.807) is 0 Å². The third-order valence-electron chi connectivity index (χ3n) is 3.62. The molecule has 2 N–H and O–H groups in total. The summed E-state index contributed by atoms with van der Waals surface area (Å²) in [6, 6.07) is 3.79. The van der Waals surface area contributed by atoms with Crippen molar-refractivity contribution < 1.29 is 29.6 Å². The predicted octanol–water partition coefficient (Wildman–Crippen LogP) is 0.773. The summed E-state index contributed by atoms with van der Waals surface area (Å²) in [6.45, 7) is 0. The maximum atomic E-state index is 12.6. The molecule has 0 aromatic heterocycles. The molecule has 0 saturated heterocycles. The Kier molecular flexibility index (Phi) is 4.57. The number of benzene rings is 2.